The van der Waals surface area contributed by atoms with Crippen molar-refractivity contribution in [2.24, 2.45) is 16.8 Å². The maximum atomic E-state index is 8.85. The first-order chi connectivity index (χ1) is 9.76. The van der Waals surface area contributed by atoms with Crippen molar-refractivity contribution in [3.8, 4) is 0 Å². The van der Waals surface area contributed by atoms with E-state index in [0.717, 1.165) is 23.6 Å². The second kappa shape index (κ2) is 7.29. The van der Waals surface area contributed by atoms with Crippen molar-refractivity contribution in [3.05, 3.63) is 35.4 Å². The van der Waals surface area contributed by atoms with Crippen molar-refractivity contribution in [1.82, 2.24) is 5.32 Å². The number of hydrogen-bond donors (Lipinski definition) is 3. The third-order valence-electron chi connectivity index (χ3n) is 4.39. The maximum Gasteiger partial charge on any atom is 0.170 e. The highest BCUT2D eigenvalue weighted by atomic mass is 16.4. The summed E-state index contributed by atoms with van der Waals surface area (Å²) in [4.78, 5) is 0. The maximum absolute atomic E-state index is 8.85. The van der Waals surface area contributed by atoms with Crippen molar-refractivity contribution in [2.75, 3.05) is 0 Å². The van der Waals surface area contributed by atoms with Gasteiger partial charge in [-0.15, -0.1) is 0 Å². The normalized spacial score (nSPS) is 23.8. The van der Waals surface area contributed by atoms with Crippen LogP contribution in [0.25, 0.3) is 0 Å². The molecular weight excluding hydrogens is 250 g/mol. The fraction of sp³-hybridized carbons (Fsp3) is 0.562. The molecule has 0 saturated heterocycles. The lowest BCUT2D eigenvalue weighted by Crippen LogP contribution is -2.38. The van der Waals surface area contributed by atoms with Gasteiger partial charge in [0.05, 0.1) is 0 Å². The Hall–Kier alpha value is -1.55. The minimum absolute atomic E-state index is 0.179. The Labute approximate surface area is 121 Å². The zero-order valence-corrected chi connectivity index (χ0v) is 12.2. The smallest absolute Gasteiger partial charge is 0.170 e. The minimum atomic E-state index is 0.179. The van der Waals surface area contributed by atoms with Crippen LogP contribution >= 0.6 is 0 Å². The predicted octanol–water partition coefficient (Wildman–Crippen LogP) is 2.84. The fourth-order valence-electron chi connectivity index (χ4n) is 3.18. The first-order valence-electron chi connectivity index (χ1n) is 7.55. The molecule has 2 unspecified atom stereocenters. The summed E-state index contributed by atoms with van der Waals surface area (Å²) in [5, 5.41) is 15.6. The summed E-state index contributed by atoms with van der Waals surface area (Å²) >= 11 is 0. The van der Waals surface area contributed by atoms with Crippen LogP contribution < -0.4 is 11.1 Å². The largest absolute Gasteiger partial charge is 0.409 e. The summed E-state index contributed by atoms with van der Waals surface area (Å²) in [6, 6.07) is 8.42. The van der Waals surface area contributed by atoms with Gasteiger partial charge < -0.3 is 16.3 Å². The van der Waals surface area contributed by atoms with Crippen molar-refractivity contribution in [3.63, 3.8) is 0 Å². The number of rotatable bonds is 5. The van der Waals surface area contributed by atoms with E-state index in [2.05, 4.69) is 17.4 Å². The Morgan fingerprint density at radius 2 is 2.10 bits per heavy atom. The SMILES string of the molecule is CCC1CCCCC1NCc1ccccc1C(N)=NO. The average Bonchev–Trinajstić information content (AvgIpc) is 2.52. The standard InChI is InChI=1S/C16H25N3O/c1-2-12-7-4-6-10-15(12)18-11-13-8-3-5-9-14(13)16(17)19-20/h3,5,8-9,12,15,18,20H,2,4,6-7,10-11H2,1H3,(H2,17,19). The second-order valence-electron chi connectivity index (χ2n) is 5.58. The zero-order chi connectivity index (χ0) is 14.4. The molecule has 4 N–H and O–H groups in total. The first-order valence-corrected chi connectivity index (χ1v) is 7.55. The summed E-state index contributed by atoms with van der Waals surface area (Å²) < 4.78 is 0. The molecule has 4 heteroatoms. The van der Waals surface area contributed by atoms with Gasteiger partial charge in [-0.25, -0.2) is 0 Å². The molecule has 0 aliphatic heterocycles. The van der Waals surface area contributed by atoms with E-state index in [9.17, 15) is 0 Å². The molecule has 0 spiro atoms. The van der Waals surface area contributed by atoms with E-state index in [-0.39, 0.29) is 5.84 Å². The Bertz CT molecular complexity index is 459. The van der Waals surface area contributed by atoms with Crippen LogP contribution in [0, 0.1) is 5.92 Å². The van der Waals surface area contributed by atoms with Crippen molar-refractivity contribution >= 4 is 5.84 Å². The molecule has 1 aliphatic carbocycles. The summed E-state index contributed by atoms with van der Waals surface area (Å²) in [7, 11) is 0. The number of nitrogens with two attached hydrogens (primary N) is 1. The molecule has 0 radical (unpaired) electrons. The highest BCUT2D eigenvalue weighted by Gasteiger charge is 2.23. The molecule has 1 aromatic rings. The van der Waals surface area contributed by atoms with Crippen LogP contribution in [0.15, 0.2) is 29.4 Å². The molecule has 1 aliphatic rings. The molecule has 110 valence electrons. The Morgan fingerprint density at radius 1 is 1.35 bits per heavy atom. The summed E-state index contributed by atoms with van der Waals surface area (Å²) in [5.41, 5.74) is 7.63. The molecular formula is C16H25N3O. The number of oxime groups is 1. The highest BCUT2D eigenvalue weighted by molar-refractivity contribution is 5.98. The Kier molecular flexibility index (Phi) is 5.41. The lowest BCUT2D eigenvalue weighted by Gasteiger charge is -2.32. The number of hydrogen-bond acceptors (Lipinski definition) is 3. The van der Waals surface area contributed by atoms with Crippen LogP contribution in [0.1, 0.15) is 50.2 Å². The van der Waals surface area contributed by atoms with Gasteiger partial charge in [-0.2, -0.15) is 0 Å². The van der Waals surface area contributed by atoms with E-state index in [1.807, 2.05) is 24.3 Å². The van der Waals surface area contributed by atoms with E-state index < -0.39 is 0 Å². The average molecular weight is 275 g/mol. The van der Waals surface area contributed by atoms with Crippen molar-refractivity contribution < 1.29 is 5.21 Å². The number of nitrogens with one attached hydrogen (secondary N) is 1. The van der Waals surface area contributed by atoms with E-state index in [1.54, 1.807) is 0 Å². The molecule has 1 saturated carbocycles. The number of nitrogens with zero attached hydrogens (tertiary/aromatic N) is 1. The summed E-state index contributed by atoms with van der Waals surface area (Å²) in [5.74, 6) is 0.956. The van der Waals surface area contributed by atoms with Crippen LogP contribution in [0.5, 0.6) is 0 Å². The van der Waals surface area contributed by atoms with Crippen LogP contribution in [0.2, 0.25) is 0 Å². The molecule has 2 rings (SSSR count). The summed E-state index contributed by atoms with van der Waals surface area (Å²) in [6.07, 6.45) is 6.49. The quantitative estimate of drug-likeness (QED) is 0.335. The van der Waals surface area contributed by atoms with Gasteiger partial charge in [-0.05, 0) is 24.3 Å². The first kappa shape index (κ1) is 14.9. The van der Waals surface area contributed by atoms with E-state index in [0.29, 0.717) is 6.04 Å². The number of benzene rings is 1. The highest BCUT2D eigenvalue weighted by Crippen LogP contribution is 2.27. The molecule has 20 heavy (non-hydrogen) atoms. The van der Waals surface area contributed by atoms with Crippen LogP contribution in [-0.4, -0.2) is 17.1 Å². The van der Waals surface area contributed by atoms with Gasteiger partial charge in [0.15, 0.2) is 5.84 Å². The van der Waals surface area contributed by atoms with Gasteiger partial charge >= 0.3 is 0 Å². The van der Waals surface area contributed by atoms with Crippen LogP contribution in [0.3, 0.4) is 0 Å². The van der Waals surface area contributed by atoms with Gasteiger partial charge in [-0.1, -0.05) is 55.6 Å². The lowest BCUT2D eigenvalue weighted by molar-refractivity contribution is 0.254. The third-order valence-corrected chi connectivity index (χ3v) is 4.39. The molecule has 4 nitrogen and oxygen atoms in total. The fourth-order valence-corrected chi connectivity index (χ4v) is 3.18. The summed E-state index contributed by atoms with van der Waals surface area (Å²) in [6.45, 7) is 3.04. The van der Waals surface area contributed by atoms with Crippen molar-refractivity contribution in [1.29, 1.82) is 0 Å². The number of amidine groups is 1. The van der Waals surface area contributed by atoms with Gasteiger partial charge in [0, 0.05) is 18.2 Å². The van der Waals surface area contributed by atoms with Crippen LogP contribution in [0.4, 0.5) is 0 Å². The Balaban J connectivity index is 2.03. The van der Waals surface area contributed by atoms with E-state index in [1.165, 1.54) is 32.1 Å². The molecule has 0 bridgehead atoms. The van der Waals surface area contributed by atoms with Crippen molar-refractivity contribution in [2.45, 2.75) is 51.6 Å². The second-order valence-corrected chi connectivity index (χ2v) is 5.58. The monoisotopic (exact) mass is 275 g/mol. The zero-order valence-electron chi connectivity index (χ0n) is 12.2. The van der Waals surface area contributed by atoms with E-state index in [4.69, 9.17) is 10.9 Å². The van der Waals surface area contributed by atoms with Gasteiger partial charge in [0.1, 0.15) is 0 Å². The molecule has 1 aromatic carbocycles. The van der Waals surface area contributed by atoms with Crippen LogP contribution in [-0.2, 0) is 6.54 Å². The Morgan fingerprint density at radius 3 is 2.85 bits per heavy atom. The van der Waals surface area contributed by atoms with Gasteiger partial charge in [0.25, 0.3) is 0 Å². The molecule has 0 amide bonds. The molecule has 2 atom stereocenters. The molecule has 0 heterocycles. The minimum Gasteiger partial charge on any atom is -0.409 e. The van der Waals surface area contributed by atoms with Gasteiger partial charge in [-0.3, -0.25) is 0 Å². The van der Waals surface area contributed by atoms with E-state index >= 15 is 0 Å². The van der Waals surface area contributed by atoms with Gasteiger partial charge in [0.2, 0.25) is 0 Å². The molecule has 0 aromatic heterocycles. The molecule has 1 fully saturated rings. The predicted molar refractivity (Wildman–Crippen MR) is 81.8 cm³/mol. The topological polar surface area (TPSA) is 70.6 Å². The lowest BCUT2D eigenvalue weighted by atomic mass is 9.83. The third kappa shape index (κ3) is 3.51.